The first-order chi connectivity index (χ1) is 20.2. The van der Waals surface area contributed by atoms with Crippen molar-refractivity contribution in [2.24, 2.45) is 0 Å². The van der Waals surface area contributed by atoms with Crippen molar-refractivity contribution >= 4 is 37.1 Å². The molecule has 6 aromatic rings. The summed E-state index contributed by atoms with van der Waals surface area (Å²) in [5.74, 6) is 0.754. The van der Waals surface area contributed by atoms with Crippen LogP contribution in [-0.2, 0) is 44.8 Å². The molecule has 0 aliphatic heterocycles. The molecule has 0 unspecified atom stereocenters. The van der Waals surface area contributed by atoms with Gasteiger partial charge in [-0.05, 0) is 37.1 Å². The number of hydrogen-bond acceptors (Lipinski definition) is 0. The van der Waals surface area contributed by atoms with Crippen LogP contribution in [0.25, 0.3) is 0 Å². The van der Waals surface area contributed by atoms with Gasteiger partial charge in [0.25, 0.3) is 0 Å². The van der Waals surface area contributed by atoms with Gasteiger partial charge >= 0.3 is 22.4 Å². The average Bonchev–Trinajstić information content (AvgIpc) is 3.05. The molecule has 45 heavy (non-hydrogen) atoms. The Morgan fingerprint density at radius 2 is 0.622 bits per heavy atom. The fourth-order valence-electron chi connectivity index (χ4n) is 3.93. The molecular weight excluding hydrogens is 1010 g/mol. The number of rotatable bonds is 6. The van der Waals surface area contributed by atoms with Crippen molar-refractivity contribution in [3.8, 4) is 0 Å². The molecule has 0 nitrogen and oxygen atoms in total. The molecule has 1 radical (unpaired) electrons. The first-order valence-electron chi connectivity index (χ1n) is 13.2. The summed E-state index contributed by atoms with van der Waals surface area (Å²) in [6.07, 6.45) is 0. The fourth-order valence-corrected chi connectivity index (χ4v) is 10.4. The Balaban J connectivity index is 0.000000895. The maximum atomic E-state index is 11.9. The zero-order chi connectivity index (χ0) is 28.5. The van der Waals surface area contributed by atoms with E-state index in [1.165, 1.54) is 75.7 Å². The van der Waals surface area contributed by atoms with Gasteiger partial charge in [-0.15, -0.1) is 24.3 Å². The topological polar surface area (TPSA) is 0 Å². The first-order valence-corrected chi connectivity index (χ1v) is 16.2. The minimum atomic E-state index is -0.409. The van der Waals surface area contributed by atoms with Gasteiger partial charge in [-0.25, -0.2) is 8.78 Å². The molecule has 0 bridgehead atoms. The van der Waals surface area contributed by atoms with E-state index in [1.807, 2.05) is 0 Å². The van der Waals surface area contributed by atoms with E-state index < -0.39 is 15.8 Å². The quantitative estimate of drug-likeness (QED) is 0.137. The van der Waals surface area contributed by atoms with Gasteiger partial charge in [0.2, 0.25) is 0 Å². The van der Waals surface area contributed by atoms with Crippen LogP contribution in [0.5, 0.6) is 0 Å². The molecule has 0 saturated carbocycles. The Hall–Kier alpha value is -1.90. The van der Waals surface area contributed by atoms with Crippen LogP contribution in [0.4, 0.5) is 8.78 Å². The summed E-state index contributed by atoms with van der Waals surface area (Å²) in [6.45, 7) is 0. The van der Waals surface area contributed by atoms with Gasteiger partial charge in [-0.1, -0.05) is 121 Å². The van der Waals surface area contributed by atoms with Gasteiger partial charge in [0.15, 0.2) is 0 Å². The van der Waals surface area contributed by atoms with E-state index in [1.54, 1.807) is 0 Å². The van der Waals surface area contributed by atoms with Gasteiger partial charge in [0, 0.05) is 39.9 Å². The van der Waals surface area contributed by atoms with Crippen molar-refractivity contribution in [2.75, 3.05) is 5.90 Å². The van der Waals surface area contributed by atoms with E-state index in [-0.39, 0.29) is 81.2 Å². The van der Waals surface area contributed by atoms with Crippen LogP contribution in [0.3, 0.4) is 0 Å². The van der Waals surface area contributed by atoms with Crippen LogP contribution in [0, 0.1) is 23.8 Å². The molecule has 0 atom stereocenters. The molecule has 0 aromatic heterocycles. The number of benzene rings is 6. The summed E-state index contributed by atoms with van der Waals surface area (Å²) in [7, 11) is -0.817. The van der Waals surface area contributed by atoms with E-state index in [9.17, 15) is 8.78 Å². The second-order valence-corrected chi connectivity index (χ2v) is 13.7. The summed E-state index contributed by atoms with van der Waals surface area (Å²) in [5, 5.41) is 5.83. The van der Waals surface area contributed by atoms with Crippen molar-refractivity contribution in [3.05, 3.63) is 194 Å². The number of hydrogen-bond donors (Lipinski definition) is 0. The van der Waals surface area contributed by atoms with Crippen molar-refractivity contribution in [1.29, 1.82) is 0 Å². The normalized spacial score (nSPS) is 9.33. The van der Waals surface area contributed by atoms with Gasteiger partial charge in [0.1, 0.15) is 0 Å². The van der Waals surface area contributed by atoms with E-state index in [4.69, 9.17) is 0 Å². The van der Waals surface area contributed by atoms with Crippen molar-refractivity contribution < 1.29 is 78.4 Å². The van der Waals surface area contributed by atoms with Gasteiger partial charge in [-0.3, -0.25) is 0 Å². The summed E-state index contributed by atoms with van der Waals surface area (Å²) in [6, 6.07) is 61.1. The third-order valence-corrected chi connectivity index (χ3v) is 11.9. The average molecular weight is 1040 g/mol. The fraction of sp³-hybridized carbons (Fsp3) is 0.0270. The predicted molar refractivity (Wildman–Crippen MR) is 173 cm³/mol. The minimum absolute atomic E-state index is 0. The molecule has 0 heterocycles. The molecule has 0 amide bonds. The van der Waals surface area contributed by atoms with Crippen LogP contribution in [0.2, 0.25) is 0 Å². The summed E-state index contributed by atoms with van der Waals surface area (Å²) >= 11 is 0. The second-order valence-electron chi connectivity index (χ2n) is 8.78. The Labute approximate surface area is 312 Å². The van der Waals surface area contributed by atoms with Gasteiger partial charge in [-0.2, -0.15) is 36.4 Å². The Kier molecular flexibility index (Phi) is 24.2. The van der Waals surface area contributed by atoms with Crippen LogP contribution < -0.4 is 46.0 Å². The number of halogens is 4. The summed E-state index contributed by atoms with van der Waals surface area (Å²) < 4.78 is 23.8. The molecule has 0 aliphatic carbocycles. The largest absolute Gasteiger partial charge is 3.00 e. The second kappa shape index (κ2) is 25.2. The van der Waals surface area contributed by atoms with Crippen LogP contribution in [0.15, 0.2) is 170 Å². The van der Waals surface area contributed by atoms with Crippen molar-refractivity contribution in [1.82, 2.24) is 0 Å². The molecule has 0 N–H and O–H groups in total. The first kappa shape index (κ1) is 43.1. The van der Waals surface area contributed by atoms with E-state index >= 15 is 0 Å². The van der Waals surface area contributed by atoms with Crippen LogP contribution >= 0.6 is 15.8 Å². The van der Waals surface area contributed by atoms with Crippen molar-refractivity contribution in [3.63, 3.8) is 0 Å². The SMILES string of the molecule is Fc1cc[c-]cc1.Fc1cc[c-]cc1.[Au+3].[Au].[Cl-].[Cl-].c1ccc(P(CP(c2ccccc2)c2ccccc2)c2ccccc2)cc1. The molecule has 6 aromatic carbocycles. The molecule has 8 heteroatoms. The molecule has 0 saturated heterocycles. The smallest absolute Gasteiger partial charge is 1.00 e. The molecule has 0 aliphatic rings. The third kappa shape index (κ3) is 15.5. The van der Waals surface area contributed by atoms with Gasteiger partial charge in [0.05, 0.1) is 0 Å². The monoisotopic (exact) mass is 1040 g/mol. The molecule has 0 fully saturated rings. The molecular formula is C37H30Au2Cl2F2P2-. The Morgan fingerprint density at radius 3 is 0.800 bits per heavy atom. The predicted octanol–water partition coefficient (Wildman–Crippen LogP) is 2.46. The van der Waals surface area contributed by atoms with E-state index in [2.05, 4.69) is 133 Å². The maximum absolute atomic E-state index is 11.9. The van der Waals surface area contributed by atoms with E-state index in [0.717, 1.165) is 0 Å². The summed E-state index contributed by atoms with van der Waals surface area (Å²) in [5.41, 5.74) is 0. The standard InChI is InChI=1S/C25H22P2.2C6H4F.2Au.2ClH/c1-5-13-22(14-6-1)26(23-15-7-2-8-16-23)21-27(24-17-9-3-10-18-24)25-19-11-4-12-20-25;2*7-6-4-2-1-3-5-6;;;;/h1-20H,21H2;2*2-5H;;;2*1H/q;2*-1;;+3;;/p-2. The Morgan fingerprint density at radius 1 is 0.400 bits per heavy atom. The van der Waals surface area contributed by atoms with E-state index in [0.29, 0.717) is 0 Å². The Bertz CT molecular complexity index is 1330. The van der Waals surface area contributed by atoms with Crippen LogP contribution in [-0.4, -0.2) is 5.90 Å². The van der Waals surface area contributed by atoms with Crippen LogP contribution in [0.1, 0.15) is 0 Å². The maximum Gasteiger partial charge on any atom is 3.00 e. The molecule has 0 spiro atoms. The summed E-state index contributed by atoms with van der Waals surface area (Å²) in [4.78, 5) is 0. The third-order valence-electron chi connectivity index (χ3n) is 5.91. The minimum Gasteiger partial charge on any atom is -1.00 e. The zero-order valence-corrected chi connectivity index (χ0v) is 31.5. The van der Waals surface area contributed by atoms with Crippen molar-refractivity contribution in [2.45, 2.75) is 0 Å². The molecule has 6 rings (SSSR count). The zero-order valence-electron chi connectivity index (χ0n) is 23.9. The molecule has 239 valence electrons. The van der Waals surface area contributed by atoms with Gasteiger partial charge < -0.3 is 24.8 Å².